The van der Waals surface area contributed by atoms with Crippen molar-refractivity contribution in [3.05, 3.63) is 62.7 Å². The minimum absolute atomic E-state index is 0.0103. The molecule has 1 atom stereocenters. The van der Waals surface area contributed by atoms with E-state index in [1.165, 1.54) is 24.5 Å². The number of hydrogen-bond donors (Lipinski definition) is 3. The standard InChI is InChI=1S/C22H18N2O5S/c1-29-14-4-2-3-11-15(14)21(28)17-16(19(11)26)20(27)12-7-9(5-6-10(12)18(17)25)13-8-30-22(23)24-13/h2-4,8-9,25,27H,5-7H2,1H3,(H2,23,24). The van der Waals surface area contributed by atoms with Crippen LogP contribution in [0.3, 0.4) is 0 Å². The van der Waals surface area contributed by atoms with Gasteiger partial charge in [-0.1, -0.05) is 12.1 Å². The van der Waals surface area contributed by atoms with Crippen LogP contribution in [0.5, 0.6) is 17.2 Å². The van der Waals surface area contributed by atoms with Crippen LogP contribution in [0.25, 0.3) is 0 Å². The van der Waals surface area contributed by atoms with Crippen LogP contribution < -0.4 is 10.5 Å². The number of fused-ring (bicyclic) bond motifs is 3. The molecule has 0 radical (unpaired) electrons. The summed E-state index contributed by atoms with van der Waals surface area (Å²) in [4.78, 5) is 30.8. The zero-order chi connectivity index (χ0) is 21.2. The van der Waals surface area contributed by atoms with Crippen molar-refractivity contribution >= 4 is 28.0 Å². The summed E-state index contributed by atoms with van der Waals surface area (Å²) in [6.45, 7) is 0. The highest BCUT2D eigenvalue weighted by molar-refractivity contribution is 7.13. The Kier molecular flexibility index (Phi) is 4.08. The summed E-state index contributed by atoms with van der Waals surface area (Å²) in [5.41, 5.74) is 7.55. The lowest BCUT2D eigenvalue weighted by molar-refractivity contribution is 0.0971. The number of nitrogens with two attached hydrogens (primary N) is 1. The molecule has 30 heavy (non-hydrogen) atoms. The number of ketones is 2. The van der Waals surface area contributed by atoms with Crippen molar-refractivity contribution in [3.63, 3.8) is 0 Å². The Bertz CT molecular complexity index is 1250. The molecule has 152 valence electrons. The van der Waals surface area contributed by atoms with Crippen LogP contribution in [0, 0.1) is 0 Å². The number of aromatic hydroxyl groups is 2. The van der Waals surface area contributed by atoms with Gasteiger partial charge >= 0.3 is 0 Å². The van der Waals surface area contributed by atoms with Gasteiger partial charge in [-0.25, -0.2) is 4.98 Å². The molecule has 0 fully saturated rings. The molecule has 3 aromatic rings. The molecule has 1 unspecified atom stereocenters. The van der Waals surface area contributed by atoms with Gasteiger partial charge in [0.2, 0.25) is 5.78 Å². The van der Waals surface area contributed by atoms with Gasteiger partial charge in [-0.15, -0.1) is 11.3 Å². The van der Waals surface area contributed by atoms with Crippen molar-refractivity contribution < 1.29 is 24.5 Å². The van der Waals surface area contributed by atoms with E-state index in [1.807, 2.05) is 5.38 Å². The van der Waals surface area contributed by atoms with Crippen molar-refractivity contribution in [2.45, 2.75) is 25.2 Å². The number of phenolic OH excluding ortho intramolecular Hbond substituents is 2. The average molecular weight is 422 g/mol. The van der Waals surface area contributed by atoms with Gasteiger partial charge in [-0.3, -0.25) is 9.59 Å². The number of anilines is 1. The fourth-order valence-corrected chi connectivity index (χ4v) is 5.19. The first-order chi connectivity index (χ1) is 14.4. The number of carbonyl (C=O) groups excluding carboxylic acids is 2. The molecule has 0 amide bonds. The quantitative estimate of drug-likeness (QED) is 0.424. The number of thiazole rings is 1. The summed E-state index contributed by atoms with van der Waals surface area (Å²) >= 11 is 1.35. The topological polar surface area (TPSA) is 123 Å². The lowest BCUT2D eigenvalue weighted by Crippen LogP contribution is -2.25. The van der Waals surface area contributed by atoms with Crippen molar-refractivity contribution in [2.24, 2.45) is 0 Å². The third kappa shape index (κ3) is 2.46. The minimum atomic E-state index is -0.526. The molecular weight excluding hydrogens is 404 g/mol. The highest BCUT2D eigenvalue weighted by Crippen LogP contribution is 2.48. The van der Waals surface area contributed by atoms with E-state index in [2.05, 4.69) is 4.98 Å². The second-order valence-corrected chi connectivity index (χ2v) is 8.39. The monoisotopic (exact) mass is 422 g/mol. The van der Waals surface area contributed by atoms with Crippen LogP contribution in [0.4, 0.5) is 5.13 Å². The maximum Gasteiger partial charge on any atom is 0.202 e. The van der Waals surface area contributed by atoms with Gasteiger partial charge in [-0.2, -0.15) is 0 Å². The van der Waals surface area contributed by atoms with E-state index >= 15 is 0 Å². The number of phenols is 2. The number of nitrogen functional groups attached to an aromatic ring is 1. The fraction of sp³-hybridized carbons (Fsp3) is 0.227. The molecule has 0 saturated heterocycles. The maximum atomic E-state index is 13.3. The van der Waals surface area contributed by atoms with E-state index in [4.69, 9.17) is 10.5 Å². The van der Waals surface area contributed by atoms with E-state index < -0.39 is 11.6 Å². The summed E-state index contributed by atoms with van der Waals surface area (Å²) in [7, 11) is 1.42. The molecule has 1 heterocycles. The molecule has 0 bridgehead atoms. The largest absolute Gasteiger partial charge is 0.507 e. The van der Waals surface area contributed by atoms with Gasteiger partial charge in [0.15, 0.2) is 10.9 Å². The van der Waals surface area contributed by atoms with E-state index in [-0.39, 0.29) is 45.4 Å². The fourth-order valence-electron chi connectivity index (χ4n) is 4.55. The van der Waals surface area contributed by atoms with Gasteiger partial charge in [0.1, 0.15) is 17.2 Å². The Morgan fingerprint density at radius 2 is 1.83 bits per heavy atom. The third-order valence-corrected chi connectivity index (χ3v) is 6.67. The number of aromatic nitrogens is 1. The molecule has 2 aliphatic carbocycles. The lowest BCUT2D eigenvalue weighted by Gasteiger charge is -2.29. The van der Waals surface area contributed by atoms with Crippen molar-refractivity contribution in [1.82, 2.24) is 4.98 Å². The van der Waals surface area contributed by atoms with E-state index in [0.29, 0.717) is 35.5 Å². The summed E-state index contributed by atoms with van der Waals surface area (Å²) in [5, 5.41) is 24.4. The summed E-state index contributed by atoms with van der Waals surface area (Å²) in [5.74, 6) is -1.23. The Labute approximate surface area is 175 Å². The van der Waals surface area contributed by atoms with Crippen LogP contribution in [0.1, 0.15) is 61.0 Å². The van der Waals surface area contributed by atoms with Crippen LogP contribution in [0.15, 0.2) is 23.6 Å². The number of carbonyl (C=O) groups is 2. The molecule has 2 aliphatic rings. The molecule has 8 heteroatoms. The van der Waals surface area contributed by atoms with E-state index in [9.17, 15) is 19.8 Å². The average Bonchev–Trinajstić information content (AvgIpc) is 3.19. The predicted octanol–water partition coefficient (Wildman–Crippen LogP) is 3.19. The first kappa shape index (κ1) is 18.6. The number of hydrogen-bond acceptors (Lipinski definition) is 8. The van der Waals surface area contributed by atoms with Crippen LogP contribution in [-0.2, 0) is 12.8 Å². The zero-order valence-electron chi connectivity index (χ0n) is 16.1. The Morgan fingerprint density at radius 3 is 2.53 bits per heavy atom. The molecule has 4 N–H and O–H groups in total. The predicted molar refractivity (Wildman–Crippen MR) is 111 cm³/mol. The second kappa shape index (κ2) is 6.56. The summed E-state index contributed by atoms with van der Waals surface area (Å²) < 4.78 is 5.26. The van der Waals surface area contributed by atoms with E-state index in [1.54, 1.807) is 12.1 Å². The Hall–Kier alpha value is -3.39. The highest BCUT2D eigenvalue weighted by atomic mass is 32.1. The number of benzene rings is 2. The lowest BCUT2D eigenvalue weighted by atomic mass is 9.75. The zero-order valence-corrected chi connectivity index (χ0v) is 16.9. The number of ether oxygens (including phenoxy) is 1. The van der Waals surface area contributed by atoms with Gasteiger partial charge < -0.3 is 20.7 Å². The van der Waals surface area contributed by atoms with Gasteiger partial charge in [0.05, 0.1) is 29.5 Å². The van der Waals surface area contributed by atoms with Crippen molar-refractivity contribution in [1.29, 1.82) is 0 Å². The first-order valence-corrected chi connectivity index (χ1v) is 10.4. The molecule has 2 aromatic carbocycles. The number of methoxy groups -OCH3 is 1. The molecule has 0 spiro atoms. The normalized spacial score (nSPS) is 17.3. The Balaban J connectivity index is 1.69. The smallest absolute Gasteiger partial charge is 0.202 e. The minimum Gasteiger partial charge on any atom is -0.507 e. The molecule has 5 rings (SSSR count). The van der Waals surface area contributed by atoms with Gasteiger partial charge in [0.25, 0.3) is 0 Å². The van der Waals surface area contributed by atoms with Gasteiger partial charge in [-0.05, 0) is 25.3 Å². The Morgan fingerprint density at radius 1 is 1.10 bits per heavy atom. The first-order valence-electron chi connectivity index (χ1n) is 9.49. The SMILES string of the molecule is COc1cccc2c1C(=O)c1c(O)c3c(c(O)c1C2=O)CC(c1csc(N)n1)CC3. The highest BCUT2D eigenvalue weighted by Gasteiger charge is 2.40. The van der Waals surface area contributed by atoms with E-state index in [0.717, 1.165) is 5.69 Å². The van der Waals surface area contributed by atoms with Crippen molar-refractivity contribution in [2.75, 3.05) is 12.8 Å². The number of nitrogens with zero attached hydrogens (tertiary/aromatic N) is 1. The summed E-state index contributed by atoms with van der Waals surface area (Å²) in [6, 6.07) is 4.73. The molecule has 0 aliphatic heterocycles. The maximum absolute atomic E-state index is 13.3. The molecular formula is C22H18N2O5S. The van der Waals surface area contributed by atoms with Crippen LogP contribution in [-0.4, -0.2) is 33.9 Å². The molecule has 7 nitrogen and oxygen atoms in total. The second-order valence-electron chi connectivity index (χ2n) is 7.50. The number of rotatable bonds is 2. The molecule has 1 aromatic heterocycles. The van der Waals surface area contributed by atoms with Crippen molar-refractivity contribution in [3.8, 4) is 17.2 Å². The third-order valence-electron chi connectivity index (χ3n) is 5.98. The molecule has 0 saturated carbocycles. The summed E-state index contributed by atoms with van der Waals surface area (Å²) in [6.07, 6.45) is 1.53. The van der Waals surface area contributed by atoms with Gasteiger partial charge in [0, 0.05) is 28.0 Å². The van der Waals surface area contributed by atoms with Crippen LogP contribution >= 0.6 is 11.3 Å². The van der Waals surface area contributed by atoms with Crippen LogP contribution in [0.2, 0.25) is 0 Å².